The van der Waals surface area contributed by atoms with E-state index < -0.39 is 17.5 Å². The fourth-order valence-electron chi connectivity index (χ4n) is 4.31. The number of carbonyl (C=O) groups excluding carboxylic acids is 1. The zero-order valence-electron chi connectivity index (χ0n) is 18.7. The molecular weight excluding hydrogens is 485 g/mol. The van der Waals surface area contributed by atoms with Crippen molar-refractivity contribution >= 4 is 63.4 Å². The Balaban J connectivity index is 1.79. The number of imidazole rings is 1. The van der Waals surface area contributed by atoms with E-state index in [1.54, 1.807) is 38.1 Å². The standard InChI is InChI=1S/C24H26Cl3N3O3/c1-4-6-15(24(2,3)32)22(31)33-19-10-8-16(26)20-21(19)30-12-5-11-29(23(30)28-20)18-9-7-14(25)13-17(18)27/h7-10,13,15,32H,4-6,11-12H2,1-3H3. The van der Waals surface area contributed by atoms with Gasteiger partial charge in [0, 0.05) is 18.1 Å². The molecule has 0 spiro atoms. The molecule has 0 bridgehead atoms. The molecule has 0 radical (unpaired) electrons. The van der Waals surface area contributed by atoms with E-state index in [4.69, 9.17) is 44.5 Å². The molecule has 1 aliphatic heterocycles. The molecule has 1 N–H and O–H groups in total. The molecule has 1 unspecified atom stereocenters. The second-order valence-corrected chi connectivity index (χ2v) is 10.1. The van der Waals surface area contributed by atoms with Crippen molar-refractivity contribution < 1.29 is 14.6 Å². The molecule has 0 fully saturated rings. The van der Waals surface area contributed by atoms with Crippen LogP contribution in [0.2, 0.25) is 15.1 Å². The number of nitrogens with zero attached hydrogens (tertiary/aromatic N) is 3. The highest BCUT2D eigenvalue weighted by Crippen LogP contribution is 2.41. The maximum Gasteiger partial charge on any atom is 0.317 e. The number of carbonyl (C=O) groups is 1. The van der Waals surface area contributed by atoms with Gasteiger partial charge < -0.3 is 19.3 Å². The largest absolute Gasteiger partial charge is 0.424 e. The molecule has 1 atom stereocenters. The van der Waals surface area contributed by atoms with E-state index in [2.05, 4.69) is 0 Å². The normalized spacial score (nSPS) is 14.9. The zero-order valence-corrected chi connectivity index (χ0v) is 21.0. The number of aromatic nitrogens is 2. The average Bonchev–Trinajstić information content (AvgIpc) is 3.14. The molecule has 2 heterocycles. The quantitative estimate of drug-likeness (QED) is 0.298. The van der Waals surface area contributed by atoms with Gasteiger partial charge in [0.1, 0.15) is 11.0 Å². The molecular formula is C24H26Cl3N3O3. The topological polar surface area (TPSA) is 67.6 Å². The van der Waals surface area contributed by atoms with Crippen molar-refractivity contribution in [2.75, 3.05) is 11.4 Å². The Kier molecular flexibility index (Phi) is 6.83. The first-order valence-corrected chi connectivity index (χ1v) is 12.1. The van der Waals surface area contributed by atoms with Gasteiger partial charge in [0.05, 0.1) is 27.3 Å². The summed E-state index contributed by atoms with van der Waals surface area (Å²) in [5.74, 6) is -0.0932. The average molecular weight is 511 g/mol. The Morgan fingerprint density at radius 1 is 1.18 bits per heavy atom. The SMILES string of the molecule is CCCC(C(=O)Oc1ccc(Cl)c2nc3n(c12)CCCN3c1ccc(Cl)cc1Cl)C(C)(C)O. The summed E-state index contributed by atoms with van der Waals surface area (Å²) in [5.41, 5.74) is 0.783. The van der Waals surface area contributed by atoms with Crippen LogP contribution in [0, 0.1) is 5.92 Å². The summed E-state index contributed by atoms with van der Waals surface area (Å²) >= 11 is 19.1. The molecule has 0 saturated heterocycles. The summed E-state index contributed by atoms with van der Waals surface area (Å²) < 4.78 is 7.85. The first-order valence-electron chi connectivity index (χ1n) is 11.0. The maximum atomic E-state index is 13.0. The highest BCUT2D eigenvalue weighted by atomic mass is 35.5. The number of anilines is 2. The van der Waals surface area contributed by atoms with E-state index in [1.165, 1.54) is 0 Å². The number of benzene rings is 2. The van der Waals surface area contributed by atoms with Crippen LogP contribution < -0.4 is 9.64 Å². The predicted molar refractivity (Wildman–Crippen MR) is 133 cm³/mol. The van der Waals surface area contributed by atoms with Crippen LogP contribution in [0.5, 0.6) is 5.75 Å². The van der Waals surface area contributed by atoms with Crippen LogP contribution in [0.1, 0.15) is 40.0 Å². The minimum atomic E-state index is -1.20. The van der Waals surface area contributed by atoms with E-state index in [1.807, 2.05) is 22.5 Å². The molecule has 3 aromatic rings. The van der Waals surface area contributed by atoms with Gasteiger partial charge in [-0.15, -0.1) is 0 Å². The van der Waals surface area contributed by atoms with Crippen molar-refractivity contribution in [3.8, 4) is 5.75 Å². The monoisotopic (exact) mass is 509 g/mol. The molecule has 0 saturated carbocycles. The summed E-state index contributed by atoms with van der Waals surface area (Å²) in [6.07, 6.45) is 2.10. The third-order valence-electron chi connectivity index (χ3n) is 5.92. The van der Waals surface area contributed by atoms with E-state index in [0.717, 1.165) is 18.5 Å². The maximum absolute atomic E-state index is 13.0. The number of aliphatic hydroxyl groups is 1. The Morgan fingerprint density at radius 2 is 1.94 bits per heavy atom. The van der Waals surface area contributed by atoms with Crippen molar-refractivity contribution in [3.05, 3.63) is 45.4 Å². The molecule has 1 aliphatic rings. The van der Waals surface area contributed by atoms with Crippen LogP contribution in [0.25, 0.3) is 11.0 Å². The van der Waals surface area contributed by atoms with Crippen LogP contribution >= 0.6 is 34.8 Å². The number of fused-ring (bicyclic) bond motifs is 3. The molecule has 176 valence electrons. The van der Waals surface area contributed by atoms with E-state index in [9.17, 15) is 9.90 Å². The Bertz CT molecular complexity index is 1200. The number of aryl methyl sites for hydroxylation is 1. The summed E-state index contributed by atoms with van der Waals surface area (Å²) in [7, 11) is 0. The number of halogens is 3. The van der Waals surface area contributed by atoms with E-state index in [-0.39, 0.29) is 0 Å². The molecule has 2 aromatic carbocycles. The number of rotatable bonds is 6. The highest BCUT2D eigenvalue weighted by molar-refractivity contribution is 6.36. The Morgan fingerprint density at radius 3 is 2.61 bits per heavy atom. The van der Waals surface area contributed by atoms with Gasteiger partial charge in [0.2, 0.25) is 5.95 Å². The van der Waals surface area contributed by atoms with Crippen LogP contribution in [0.15, 0.2) is 30.3 Å². The lowest BCUT2D eigenvalue weighted by Crippen LogP contribution is -2.39. The van der Waals surface area contributed by atoms with Gasteiger partial charge >= 0.3 is 5.97 Å². The smallest absolute Gasteiger partial charge is 0.317 e. The third kappa shape index (κ3) is 4.67. The van der Waals surface area contributed by atoms with Crippen molar-refractivity contribution in [1.29, 1.82) is 0 Å². The zero-order chi connectivity index (χ0) is 23.9. The van der Waals surface area contributed by atoms with Gasteiger partial charge in [-0.1, -0.05) is 48.1 Å². The first kappa shape index (κ1) is 24.1. The first-order chi connectivity index (χ1) is 15.6. The molecule has 9 heteroatoms. The van der Waals surface area contributed by atoms with Crippen LogP contribution in [-0.2, 0) is 11.3 Å². The van der Waals surface area contributed by atoms with Crippen molar-refractivity contribution in [2.45, 2.75) is 52.2 Å². The minimum absolute atomic E-state index is 0.368. The molecule has 33 heavy (non-hydrogen) atoms. The van der Waals surface area contributed by atoms with Gasteiger partial charge in [-0.05, 0) is 57.0 Å². The summed E-state index contributed by atoms with van der Waals surface area (Å²) in [5, 5.41) is 12.0. The van der Waals surface area contributed by atoms with E-state index in [0.29, 0.717) is 57.3 Å². The van der Waals surface area contributed by atoms with Crippen molar-refractivity contribution in [3.63, 3.8) is 0 Å². The van der Waals surface area contributed by atoms with E-state index >= 15 is 0 Å². The van der Waals surface area contributed by atoms with Crippen LogP contribution in [0.4, 0.5) is 11.6 Å². The van der Waals surface area contributed by atoms with Gasteiger partial charge in [0.15, 0.2) is 5.75 Å². The summed E-state index contributed by atoms with van der Waals surface area (Å²) in [6, 6.07) is 8.70. The number of esters is 1. The molecule has 6 nitrogen and oxygen atoms in total. The van der Waals surface area contributed by atoms with Crippen LogP contribution in [0.3, 0.4) is 0 Å². The lowest BCUT2D eigenvalue weighted by molar-refractivity contribution is -0.147. The van der Waals surface area contributed by atoms with Gasteiger partial charge in [-0.2, -0.15) is 0 Å². The highest BCUT2D eigenvalue weighted by Gasteiger charge is 2.35. The lowest BCUT2D eigenvalue weighted by atomic mass is 9.87. The predicted octanol–water partition coefficient (Wildman–Crippen LogP) is 6.63. The fraction of sp³-hybridized carbons (Fsp3) is 0.417. The molecule has 1 aromatic heterocycles. The lowest BCUT2D eigenvalue weighted by Gasteiger charge is -2.30. The van der Waals surface area contributed by atoms with Gasteiger partial charge in [-0.25, -0.2) is 4.98 Å². The summed E-state index contributed by atoms with van der Waals surface area (Å²) in [4.78, 5) is 19.9. The number of ether oxygens (including phenoxy) is 1. The molecule has 4 rings (SSSR count). The minimum Gasteiger partial charge on any atom is -0.424 e. The number of hydrogen-bond donors (Lipinski definition) is 1. The van der Waals surface area contributed by atoms with Crippen LogP contribution in [-0.4, -0.2) is 32.8 Å². The Hall–Kier alpha value is -1.99. The van der Waals surface area contributed by atoms with Gasteiger partial charge in [-0.3, -0.25) is 4.79 Å². The second-order valence-electron chi connectivity index (χ2n) is 8.82. The Labute approximate surface area is 208 Å². The second kappa shape index (κ2) is 9.34. The van der Waals surface area contributed by atoms with Gasteiger partial charge in [0.25, 0.3) is 0 Å². The van der Waals surface area contributed by atoms with Crippen molar-refractivity contribution in [2.24, 2.45) is 5.92 Å². The molecule has 0 amide bonds. The molecule has 0 aliphatic carbocycles. The van der Waals surface area contributed by atoms with Crippen molar-refractivity contribution in [1.82, 2.24) is 9.55 Å². The fourth-order valence-corrected chi connectivity index (χ4v) is 5.01. The number of hydrogen-bond acceptors (Lipinski definition) is 5. The third-order valence-corrected chi connectivity index (χ3v) is 6.76. The summed E-state index contributed by atoms with van der Waals surface area (Å²) in [6.45, 7) is 6.62.